The second-order valence-electron chi connectivity index (χ2n) is 2.24. The van der Waals surface area contributed by atoms with Gasteiger partial charge in [-0.25, -0.2) is 0 Å². The van der Waals surface area contributed by atoms with Gasteiger partial charge in [-0.15, -0.1) is 24.3 Å². The normalized spacial score (nSPS) is 13.3. The van der Waals surface area contributed by atoms with Crippen molar-refractivity contribution in [2.45, 2.75) is 0 Å². The van der Waals surface area contributed by atoms with E-state index in [9.17, 15) is 9.59 Å². The zero-order chi connectivity index (χ0) is 7.84. The Morgan fingerprint density at radius 2 is 2.00 bits per heavy atom. The minimum absolute atomic E-state index is 0. The van der Waals surface area contributed by atoms with Gasteiger partial charge in [0.15, 0.2) is 5.91 Å². The number of nitrogens with one attached hydrogen (secondary N) is 1. The third kappa shape index (κ3) is 1.31. The number of fused-ring (bicyclic) bond motifs is 1. The molecule has 1 aliphatic heterocycles. The van der Waals surface area contributed by atoms with Gasteiger partial charge in [0.05, 0.1) is 0 Å². The van der Waals surface area contributed by atoms with Gasteiger partial charge in [0.1, 0.15) is 0 Å². The predicted molar refractivity (Wildman–Crippen MR) is 37.1 cm³/mol. The van der Waals surface area contributed by atoms with Crippen LogP contribution in [0.1, 0.15) is 20.7 Å². The molecular formula is C8H4NNaO2. The van der Waals surface area contributed by atoms with Crippen molar-refractivity contribution in [1.82, 2.24) is 5.32 Å². The molecule has 1 N–H and O–H groups in total. The first-order valence-corrected chi connectivity index (χ1v) is 3.15. The summed E-state index contributed by atoms with van der Waals surface area (Å²) in [6.45, 7) is 0. The molecule has 0 bridgehead atoms. The SMILES string of the molecule is O=C1NC(=O)c2ccc[c-]c21.[Na+]. The first kappa shape index (κ1) is 9.45. The molecule has 2 amide bonds. The Hall–Kier alpha value is -0.640. The van der Waals surface area contributed by atoms with E-state index in [0.717, 1.165) is 0 Å². The summed E-state index contributed by atoms with van der Waals surface area (Å²) in [5.74, 6) is -0.688. The summed E-state index contributed by atoms with van der Waals surface area (Å²) in [4.78, 5) is 21.8. The number of carbonyl (C=O) groups excluding carboxylic acids is 2. The fourth-order valence-electron chi connectivity index (χ4n) is 1.05. The summed E-state index contributed by atoms with van der Waals surface area (Å²) in [6.07, 6.45) is 0. The van der Waals surface area contributed by atoms with Gasteiger partial charge in [-0.3, -0.25) is 4.79 Å². The fourth-order valence-corrected chi connectivity index (χ4v) is 1.05. The second kappa shape index (κ2) is 3.39. The Bertz CT molecular complexity index is 316. The third-order valence-corrected chi connectivity index (χ3v) is 1.55. The van der Waals surface area contributed by atoms with Gasteiger partial charge >= 0.3 is 29.6 Å². The van der Waals surface area contributed by atoms with Gasteiger partial charge in [0.2, 0.25) is 5.91 Å². The number of benzene rings is 1. The predicted octanol–water partition coefficient (Wildman–Crippen LogP) is -2.63. The number of amides is 2. The molecule has 3 nitrogen and oxygen atoms in total. The van der Waals surface area contributed by atoms with Crippen LogP contribution in [0.5, 0.6) is 0 Å². The quantitative estimate of drug-likeness (QED) is 0.262. The molecule has 4 heteroatoms. The van der Waals surface area contributed by atoms with Gasteiger partial charge < -0.3 is 10.1 Å². The number of hydrogen-bond donors (Lipinski definition) is 1. The number of rotatable bonds is 0. The average Bonchev–Trinajstić information content (AvgIpc) is 2.30. The van der Waals surface area contributed by atoms with Crippen LogP contribution in [-0.2, 0) is 0 Å². The van der Waals surface area contributed by atoms with Crippen molar-refractivity contribution in [3.05, 3.63) is 35.4 Å². The van der Waals surface area contributed by atoms with E-state index in [1.54, 1.807) is 18.2 Å². The smallest absolute Gasteiger partial charge is 0.337 e. The molecule has 0 radical (unpaired) electrons. The van der Waals surface area contributed by atoms with Crippen molar-refractivity contribution in [3.8, 4) is 0 Å². The van der Waals surface area contributed by atoms with Crippen molar-refractivity contribution >= 4 is 11.8 Å². The van der Waals surface area contributed by atoms with Gasteiger partial charge in [-0.2, -0.15) is 0 Å². The molecule has 12 heavy (non-hydrogen) atoms. The molecule has 0 unspecified atom stereocenters. The van der Waals surface area contributed by atoms with Gasteiger partial charge in [0, 0.05) is 0 Å². The van der Waals surface area contributed by atoms with E-state index in [2.05, 4.69) is 11.4 Å². The Labute approximate surface area is 91.4 Å². The Morgan fingerprint density at radius 3 is 2.67 bits per heavy atom. The van der Waals surface area contributed by atoms with Crippen LogP contribution in [0.25, 0.3) is 0 Å². The molecule has 0 aliphatic carbocycles. The molecule has 1 aromatic rings. The van der Waals surface area contributed by atoms with Gasteiger partial charge in [0.25, 0.3) is 0 Å². The van der Waals surface area contributed by atoms with Gasteiger partial charge in [-0.1, -0.05) is 5.56 Å². The molecule has 0 atom stereocenters. The molecule has 1 aromatic carbocycles. The minimum atomic E-state index is -0.356. The van der Waals surface area contributed by atoms with Crippen LogP contribution >= 0.6 is 0 Å². The van der Waals surface area contributed by atoms with Crippen LogP contribution in [0.2, 0.25) is 0 Å². The van der Waals surface area contributed by atoms with E-state index >= 15 is 0 Å². The topological polar surface area (TPSA) is 46.2 Å². The maximum absolute atomic E-state index is 10.9. The molecule has 0 fully saturated rings. The summed E-state index contributed by atoms with van der Waals surface area (Å²) in [6, 6.07) is 7.59. The Balaban J connectivity index is 0.000000720. The van der Waals surface area contributed by atoms with Crippen molar-refractivity contribution < 1.29 is 39.1 Å². The third-order valence-electron chi connectivity index (χ3n) is 1.55. The van der Waals surface area contributed by atoms with Crippen LogP contribution in [0, 0.1) is 6.07 Å². The average molecular weight is 169 g/mol. The van der Waals surface area contributed by atoms with Crippen molar-refractivity contribution in [2.75, 3.05) is 0 Å². The fraction of sp³-hybridized carbons (Fsp3) is 0. The van der Waals surface area contributed by atoms with Crippen molar-refractivity contribution in [1.29, 1.82) is 0 Å². The van der Waals surface area contributed by atoms with E-state index in [1.807, 2.05) is 0 Å². The largest absolute Gasteiger partial charge is 1.00 e. The standard InChI is InChI=1S/C8H4NO2.Na/c10-7-5-3-1-2-4-6(5)8(11)9-7;/h1-3H,(H,9,10,11);/q-1;+1. The zero-order valence-corrected chi connectivity index (χ0v) is 8.55. The van der Waals surface area contributed by atoms with E-state index < -0.39 is 0 Å². The first-order valence-electron chi connectivity index (χ1n) is 3.15. The second-order valence-corrected chi connectivity index (χ2v) is 2.24. The first-order chi connectivity index (χ1) is 5.29. The van der Waals surface area contributed by atoms with Crippen LogP contribution in [0.4, 0.5) is 0 Å². The van der Waals surface area contributed by atoms with E-state index in [1.165, 1.54) is 0 Å². The van der Waals surface area contributed by atoms with Crippen LogP contribution < -0.4 is 34.9 Å². The Kier molecular flexibility index (Phi) is 2.67. The summed E-state index contributed by atoms with van der Waals surface area (Å²) in [7, 11) is 0. The van der Waals surface area contributed by atoms with Crippen molar-refractivity contribution in [2.24, 2.45) is 0 Å². The molecule has 1 aliphatic rings. The molecule has 2 rings (SSSR count). The monoisotopic (exact) mass is 169 g/mol. The number of hydrogen-bond acceptors (Lipinski definition) is 2. The van der Waals surface area contributed by atoms with Gasteiger partial charge in [-0.05, 0) is 5.56 Å². The summed E-state index contributed by atoms with van der Waals surface area (Å²) >= 11 is 0. The van der Waals surface area contributed by atoms with Crippen LogP contribution in [0.15, 0.2) is 18.2 Å². The molecule has 1 heterocycles. The summed E-state index contributed by atoms with van der Waals surface area (Å²) in [5.41, 5.74) is 0.759. The summed E-state index contributed by atoms with van der Waals surface area (Å²) < 4.78 is 0. The van der Waals surface area contributed by atoms with E-state index in [-0.39, 0.29) is 41.4 Å². The zero-order valence-electron chi connectivity index (χ0n) is 6.55. The summed E-state index contributed by atoms with van der Waals surface area (Å²) in [5, 5.41) is 2.17. The Morgan fingerprint density at radius 1 is 1.25 bits per heavy atom. The maximum atomic E-state index is 10.9. The molecule has 54 valence electrons. The molecule has 0 spiro atoms. The maximum Gasteiger partial charge on any atom is 1.00 e. The number of carbonyl (C=O) groups is 2. The molecule has 0 saturated heterocycles. The molecule has 0 aromatic heterocycles. The molecular weight excluding hydrogens is 165 g/mol. The molecule has 0 saturated carbocycles. The van der Waals surface area contributed by atoms with Crippen LogP contribution in [-0.4, -0.2) is 11.8 Å². The van der Waals surface area contributed by atoms with Crippen LogP contribution in [0.3, 0.4) is 0 Å². The van der Waals surface area contributed by atoms with Crippen molar-refractivity contribution in [3.63, 3.8) is 0 Å². The number of imide groups is 1. The van der Waals surface area contributed by atoms with E-state index in [4.69, 9.17) is 0 Å². The minimum Gasteiger partial charge on any atom is -0.337 e. The van der Waals surface area contributed by atoms with E-state index in [0.29, 0.717) is 11.1 Å².